The summed E-state index contributed by atoms with van der Waals surface area (Å²) in [5.41, 5.74) is -0.256. The van der Waals surface area contributed by atoms with Crippen LogP contribution >= 0.6 is 0 Å². The van der Waals surface area contributed by atoms with E-state index in [9.17, 15) is 0 Å². The van der Waals surface area contributed by atoms with Crippen LogP contribution in [0.15, 0.2) is 0 Å². The van der Waals surface area contributed by atoms with Crippen molar-refractivity contribution in [1.82, 2.24) is 0 Å². The van der Waals surface area contributed by atoms with Gasteiger partial charge in [0.1, 0.15) is 5.41 Å². The normalized spacial score (nSPS) is 12.9. The van der Waals surface area contributed by atoms with Crippen molar-refractivity contribution in [3.05, 3.63) is 0 Å². The van der Waals surface area contributed by atoms with E-state index in [0.29, 0.717) is 5.92 Å². The van der Waals surface area contributed by atoms with Gasteiger partial charge in [0, 0.05) is 14.2 Å². The predicted molar refractivity (Wildman–Crippen MR) is 46.1 cm³/mol. The zero-order chi connectivity index (χ0) is 8.20. The summed E-state index contributed by atoms with van der Waals surface area (Å²) in [6.45, 7) is 4.34. The highest BCUT2D eigenvalue weighted by molar-refractivity contribution is 6.13. The van der Waals surface area contributed by atoms with Crippen LogP contribution < -0.4 is 0 Å². The molecule has 0 N–H and O–H groups in total. The van der Waals surface area contributed by atoms with Crippen molar-refractivity contribution in [2.24, 2.45) is 5.92 Å². The van der Waals surface area contributed by atoms with E-state index >= 15 is 0 Å². The molecule has 0 saturated carbocycles. The molecule has 0 spiro atoms. The Kier molecular flexibility index (Phi) is 4.16. The molecule has 0 saturated heterocycles. The molecule has 0 heterocycles. The SMILES string of the molecule is COC([SiH3])(CC(C)C)OC. The molecule has 0 aromatic heterocycles. The van der Waals surface area contributed by atoms with Crippen LogP contribution in [0.25, 0.3) is 0 Å². The number of rotatable bonds is 4. The van der Waals surface area contributed by atoms with Crippen LogP contribution in [0.1, 0.15) is 20.3 Å². The smallest absolute Gasteiger partial charge is 0.141 e. The zero-order valence-electron chi connectivity index (χ0n) is 7.60. The fourth-order valence-corrected chi connectivity index (χ4v) is 1.81. The Bertz CT molecular complexity index is 89.6. The first-order valence-electron chi connectivity index (χ1n) is 3.64. The summed E-state index contributed by atoms with van der Waals surface area (Å²) in [5.74, 6) is 0.636. The van der Waals surface area contributed by atoms with E-state index < -0.39 is 0 Å². The van der Waals surface area contributed by atoms with Gasteiger partial charge in [0.25, 0.3) is 0 Å². The maximum Gasteiger partial charge on any atom is 0.141 e. The minimum absolute atomic E-state index is 0.256. The molecule has 0 aromatic rings. The molecule has 0 rings (SSSR count). The lowest BCUT2D eigenvalue weighted by atomic mass is 10.1. The zero-order valence-corrected chi connectivity index (χ0v) is 9.60. The Hall–Kier alpha value is 0.137. The first-order valence-corrected chi connectivity index (χ1v) is 4.64. The van der Waals surface area contributed by atoms with Crippen LogP contribution in [-0.4, -0.2) is 29.9 Å². The first kappa shape index (κ1) is 10.1. The van der Waals surface area contributed by atoms with Gasteiger partial charge in [-0.2, -0.15) is 0 Å². The molecule has 0 amide bonds. The largest absolute Gasteiger partial charge is 0.358 e. The van der Waals surface area contributed by atoms with Gasteiger partial charge >= 0.3 is 0 Å². The van der Waals surface area contributed by atoms with Gasteiger partial charge in [-0.3, -0.25) is 0 Å². The van der Waals surface area contributed by atoms with E-state index in [4.69, 9.17) is 9.47 Å². The lowest BCUT2D eigenvalue weighted by molar-refractivity contribution is -0.151. The highest BCUT2D eigenvalue weighted by Crippen LogP contribution is 2.16. The van der Waals surface area contributed by atoms with E-state index in [1.807, 2.05) is 0 Å². The number of ether oxygens (including phenoxy) is 2. The Morgan fingerprint density at radius 2 is 1.70 bits per heavy atom. The molecule has 0 aliphatic heterocycles. The molecule has 3 heteroatoms. The highest BCUT2D eigenvalue weighted by Gasteiger charge is 2.22. The minimum atomic E-state index is -0.256. The maximum absolute atomic E-state index is 5.24. The van der Waals surface area contributed by atoms with E-state index in [0.717, 1.165) is 16.7 Å². The summed E-state index contributed by atoms with van der Waals surface area (Å²) in [6.07, 6.45) is 0.992. The third-order valence-electron chi connectivity index (χ3n) is 1.64. The Morgan fingerprint density at radius 1 is 1.30 bits per heavy atom. The molecule has 10 heavy (non-hydrogen) atoms. The molecule has 2 nitrogen and oxygen atoms in total. The van der Waals surface area contributed by atoms with Crippen molar-refractivity contribution in [2.45, 2.75) is 25.7 Å². The van der Waals surface area contributed by atoms with E-state index in [1.165, 1.54) is 0 Å². The molecule has 0 aliphatic carbocycles. The second-order valence-electron chi connectivity index (χ2n) is 3.14. The van der Waals surface area contributed by atoms with E-state index in [2.05, 4.69) is 13.8 Å². The van der Waals surface area contributed by atoms with Crippen LogP contribution in [0.2, 0.25) is 0 Å². The molecule has 0 aromatic carbocycles. The summed E-state index contributed by atoms with van der Waals surface area (Å²) in [6, 6.07) is 0. The predicted octanol–water partition coefficient (Wildman–Crippen LogP) is 0.344. The first-order chi connectivity index (χ1) is 4.54. The van der Waals surface area contributed by atoms with Crippen molar-refractivity contribution in [2.75, 3.05) is 14.2 Å². The van der Waals surface area contributed by atoms with Gasteiger partial charge in [-0.05, 0) is 12.3 Å². The van der Waals surface area contributed by atoms with Crippen molar-refractivity contribution < 1.29 is 9.47 Å². The Labute approximate surface area is 66.3 Å². The average Bonchev–Trinajstić information content (AvgIpc) is 1.87. The molecule has 0 unspecified atom stereocenters. The van der Waals surface area contributed by atoms with Crippen LogP contribution in [0.4, 0.5) is 0 Å². The summed E-state index contributed by atoms with van der Waals surface area (Å²) >= 11 is 0. The molecular formula is C7H18O2Si. The second-order valence-corrected chi connectivity index (χ2v) is 4.66. The second kappa shape index (κ2) is 4.11. The van der Waals surface area contributed by atoms with Crippen LogP contribution in [-0.2, 0) is 9.47 Å². The minimum Gasteiger partial charge on any atom is -0.358 e. The van der Waals surface area contributed by atoms with Gasteiger partial charge in [0.2, 0.25) is 0 Å². The summed E-state index contributed by atoms with van der Waals surface area (Å²) in [4.78, 5) is 0. The van der Waals surface area contributed by atoms with Crippen LogP contribution in [0, 0.1) is 5.92 Å². The monoisotopic (exact) mass is 162 g/mol. The maximum atomic E-state index is 5.24. The third-order valence-corrected chi connectivity index (χ3v) is 2.87. The van der Waals surface area contributed by atoms with Crippen LogP contribution in [0.5, 0.6) is 0 Å². The van der Waals surface area contributed by atoms with Gasteiger partial charge in [-0.15, -0.1) is 0 Å². The van der Waals surface area contributed by atoms with Crippen molar-refractivity contribution in [3.63, 3.8) is 0 Å². The van der Waals surface area contributed by atoms with Gasteiger partial charge in [-0.1, -0.05) is 13.8 Å². The van der Waals surface area contributed by atoms with Crippen molar-refractivity contribution in [3.8, 4) is 0 Å². The molecule has 62 valence electrons. The van der Waals surface area contributed by atoms with Crippen LogP contribution in [0.3, 0.4) is 0 Å². The van der Waals surface area contributed by atoms with Gasteiger partial charge < -0.3 is 9.47 Å². The molecule has 0 radical (unpaired) electrons. The quantitative estimate of drug-likeness (QED) is 0.438. The van der Waals surface area contributed by atoms with Gasteiger partial charge in [0.15, 0.2) is 0 Å². The topological polar surface area (TPSA) is 18.5 Å². The highest BCUT2D eigenvalue weighted by atomic mass is 28.1. The molecule has 0 fully saturated rings. The lowest BCUT2D eigenvalue weighted by Crippen LogP contribution is -2.35. The van der Waals surface area contributed by atoms with Crippen molar-refractivity contribution in [1.29, 1.82) is 0 Å². The fourth-order valence-electron chi connectivity index (χ4n) is 0.992. The number of hydrogen-bond donors (Lipinski definition) is 0. The fraction of sp³-hybridized carbons (Fsp3) is 1.00. The van der Waals surface area contributed by atoms with E-state index in [-0.39, 0.29) is 5.41 Å². The van der Waals surface area contributed by atoms with Gasteiger partial charge in [0.05, 0.1) is 10.2 Å². The van der Waals surface area contributed by atoms with Gasteiger partial charge in [-0.25, -0.2) is 0 Å². The molecule has 0 aliphatic rings. The third kappa shape index (κ3) is 3.34. The summed E-state index contributed by atoms with van der Waals surface area (Å²) in [7, 11) is 4.34. The Morgan fingerprint density at radius 3 is 1.80 bits per heavy atom. The number of hydrogen-bond acceptors (Lipinski definition) is 2. The summed E-state index contributed by atoms with van der Waals surface area (Å²) < 4.78 is 10.5. The average molecular weight is 162 g/mol. The molecule has 0 atom stereocenters. The Balaban J connectivity index is 3.80. The van der Waals surface area contributed by atoms with Crippen molar-refractivity contribution >= 4 is 10.2 Å². The number of methoxy groups -OCH3 is 2. The molecular weight excluding hydrogens is 144 g/mol. The standard InChI is InChI=1S/C7H18O2Si/c1-6(2)5-7(10,8-3)9-4/h6H,5H2,1-4,10H3. The summed E-state index contributed by atoms with van der Waals surface area (Å²) in [5, 5.41) is 0. The van der Waals surface area contributed by atoms with E-state index in [1.54, 1.807) is 14.2 Å². The molecule has 0 bridgehead atoms. The lowest BCUT2D eigenvalue weighted by Gasteiger charge is -2.28.